The summed E-state index contributed by atoms with van der Waals surface area (Å²) in [5.41, 5.74) is 0. The third kappa shape index (κ3) is 7.30. The van der Waals surface area contributed by atoms with Crippen LogP contribution in [-0.2, 0) is 0 Å². The highest BCUT2D eigenvalue weighted by molar-refractivity contribution is 4.89. The molecule has 0 heteroatoms. The van der Waals surface area contributed by atoms with Gasteiger partial charge in [0.15, 0.2) is 0 Å². The van der Waals surface area contributed by atoms with Gasteiger partial charge >= 0.3 is 0 Å². The highest BCUT2D eigenvalue weighted by Crippen LogP contribution is 2.28. The minimum Gasteiger partial charge on any atom is -0.0654 e. The van der Waals surface area contributed by atoms with Crippen LogP contribution in [0, 0.1) is 5.92 Å². The smallest absolute Gasteiger partial charge is 0.0241 e. The van der Waals surface area contributed by atoms with E-state index in [-0.39, 0.29) is 0 Å². The molecule has 0 nitrogen and oxygen atoms in total. The lowest BCUT2D eigenvalue weighted by molar-refractivity contribution is 0.489. The second-order valence-electron chi connectivity index (χ2n) is 5.54. The minimum absolute atomic E-state index is 1.37. The van der Waals surface area contributed by atoms with Gasteiger partial charge in [-0.2, -0.15) is 0 Å². The van der Waals surface area contributed by atoms with Crippen LogP contribution in [-0.4, -0.2) is 0 Å². The molecule has 0 aliphatic heterocycles. The van der Waals surface area contributed by atoms with Gasteiger partial charge in [0.1, 0.15) is 0 Å². The first-order valence-electron chi connectivity index (χ1n) is 7.77. The molecule has 1 aliphatic rings. The molecule has 1 rings (SSSR count). The van der Waals surface area contributed by atoms with Crippen LogP contribution in [0.25, 0.3) is 0 Å². The van der Waals surface area contributed by atoms with Crippen LogP contribution in [0.2, 0.25) is 0 Å². The van der Waals surface area contributed by atoms with Crippen molar-refractivity contribution in [1.82, 2.24) is 0 Å². The Balaban J connectivity index is 1.93. The SMILES string of the molecule is CCCCCCCC[C]1CCCCCCC1. The van der Waals surface area contributed by atoms with Crippen molar-refractivity contribution in [2.75, 3.05) is 0 Å². The summed E-state index contributed by atoms with van der Waals surface area (Å²) in [6.07, 6.45) is 20.5. The third-order valence-electron chi connectivity index (χ3n) is 3.94. The van der Waals surface area contributed by atoms with E-state index in [1.54, 1.807) is 0 Å². The highest BCUT2D eigenvalue weighted by Gasteiger charge is 2.10. The van der Waals surface area contributed by atoms with Crippen molar-refractivity contribution in [2.24, 2.45) is 0 Å². The van der Waals surface area contributed by atoms with E-state index in [9.17, 15) is 0 Å². The maximum Gasteiger partial charge on any atom is -0.0241 e. The van der Waals surface area contributed by atoms with Crippen molar-refractivity contribution in [2.45, 2.75) is 96.8 Å². The molecule has 16 heavy (non-hydrogen) atoms. The second-order valence-corrected chi connectivity index (χ2v) is 5.54. The van der Waals surface area contributed by atoms with E-state index in [1.807, 2.05) is 5.92 Å². The fourth-order valence-electron chi connectivity index (χ4n) is 2.81. The zero-order chi connectivity index (χ0) is 11.5. The summed E-state index contributed by atoms with van der Waals surface area (Å²) in [6, 6.07) is 0. The lowest BCUT2D eigenvalue weighted by atomic mass is 9.87. The van der Waals surface area contributed by atoms with Gasteiger partial charge in [-0.15, -0.1) is 0 Å². The fraction of sp³-hybridized carbons (Fsp3) is 0.938. The molecule has 0 bridgehead atoms. The standard InChI is InChI=1S/C16H31/c1-2-3-4-5-7-10-13-16-14-11-8-6-9-12-15-16/h2-15H2,1H3. The van der Waals surface area contributed by atoms with Gasteiger partial charge in [-0.05, 0) is 25.2 Å². The van der Waals surface area contributed by atoms with Crippen molar-refractivity contribution in [3.8, 4) is 0 Å². The number of unbranched alkanes of at least 4 members (excludes halogenated alkanes) is 5. The Labute approximate surface area is 103 Å². The largest absolute Gasteiger partial charge is 0.0654 e. The Kier molecular flexibility index (Phi) is 8.94. The van der Waals surface area contributed by atoms with Crippen LogP contribution in [0.4, 0.5) is 0 Å². The monoisotopic (exact) mass is 223 g/mol. The Morgan fingerprint density at radius 2 is 1.25 bits per heavy atom. The van der Waals surface area contributed by atoms with Crippen molar-refractivity contribution in [3.05, 3.63) is 5.92 Å². The summed E-state index contributed by atoms with van der Waals surface area (Å²) < 4.78 is 0. The van der Waals surface area contributed by atoms with Crippen molar-refractivity contribution < 1.29 is 0 Å². The van der Waals surface area contributed by atoms with Crippen molar-refractivity contribution in [3.63, 3.8) is 0 Å². The first-order chi connectivity index (χ1) is 7.93. The van der Waals surface area contributed by atoms with Crippen LogP contribution in [0.1, 0.15) is 96.8 Å². The first-order valence-corrected chi connectivity index (χ1v) is 7.77. The predicted molar refractivity (Wildman–Crippen MR) is 73.6 cm³/mol. The van der Waals surface area contributed by atoms with E-state index in [1.165, 1.54) is 89.9 Å². The van der Waals surface area contributed by atoms with Gasteiger partial charge < -0.3 is 0 Å². The van der Waals surface area contributed by atoms with Gasteiger partial charge in [-0.1, -0.05) is 77.6 Å². The molecule has 0 saturated heterocycles. The maximum absolute atomic E-state index is 2.30. The first kappa shape index (κ1) is 14.1. The van der Waals surface area contributed by atoms with Crippen molar-refractivity contribution >= 4 is 0 Å². The number of rotatable bonds is 7. The average Bonchev–Trinajstić information content (AvgIpc) is 2.25. The molecule has 0 spiro atoms. The molecule has 0 aromatic heterocycles. The number of hydrogen-bond acceptors (Lipinski definition) is 0. The van der Waals surface area contributed by atoms with Gasteiger partial charge in [0.25, 0.3) is 0 Å². The molecule has 0 aromatic rings. The summed E-state index contributed by atoms with van der Waals surface area (Å²) >= 11 is 0. The molecule has 95 valence electrons. The molecule has 1 saturated carbocycles. The van der Waals surface area contributed by atoms with Crippen LogP contribution in [0.15, 0.2) is 0 Å². The molecule has 1 radical (unpaired) electrons. The van der Waals surface area contributed by atoms with E-state index in [4.69, 9.17) is 0 Å². The predicted octanol–water partition coefficient (Wildman–Crippen LogP) is 6.06. The van der Waals surface area contributed by atoms with Crippen LogP contribution in [0.3, 0.4) is 0 Å². The molecule has 0 N–H and O–H groups in total. The Morgan fingerprint density at radius 1 is 0.688 bits per heavy atom. The maximum atomic E-state index is 2.30. The molecule has 1 aliphatic carbocycles. The van der Waals surface area contributed by atoms with E-state index in [0.29, 0.717) is 0 Å². The third-order valence-corrected chi connectivity index (χ3v) is 3.94. The zero-order valence-corrected chi connectivity index (χ0v) is 11.4. The Morgan fingerprint density at radius 3 is 1.94 bits per heavy atom. The summed E-state index contributed by atoms with van der Waals surface area (Å²) in [5, 5.41) is 0. The van der Waals surface area contributed by atoms with E-state index >= 15 is 0 Å². The van der Waals surface area contributed by atoms with Crippen LogP contribution in [0.5, 0.6) is 0 Å². The molecular formula is C16H31. The normalized spacial score (nSPS) is 19.3. The molecule has 0 aromatic carbocycles. The van der Waals surface area contributed by atoms with E-state index < -0.39 is 0 Å². The van der Waals surface area contributed by atoms with E-state index in [2.05, 4.69) is 6.92 Å². The van der Waals surface area contributed by atoms with Gasteiger partial charge in [0, 0.05) is 0 Å². The topological polar surface area (TPSA) is 0 Å². The lowest BCUT2D eigenvalue weighted by Crippen LogP contribution is -2.01. The molecule has 0 unspecified atom stereocenters. The average molecular weight is 223 g/mol. The van der Waals surface area contributed by atoms with Crippen LogP contribution >= 0.6 is 0 Å². The van der Waals surface area contributed by atoms with Gasteiger partial charge in [-0.25, -0.2) is 0 Å². The molecular weight excluding hydrogens is 192 g/mol. The zero-order valence-electron chi connectivity index (χ0n) is 11.4. The number of hydrogen-bond donors (Lipinski definition) is 0. The Bertz CT molecular complexity index is 131. The van der Waals surface area contributed by atoms with Crippen molar-refractivity contribution in [1.29, 1.82) is 0 Å². The van der Waals surface area contributed by atoms with Gasteiger partial charge in [0.05, 0.1) is 0 Å². The quantitative estimate of drug-likeness (QED) is 0.460. The summed E-state index contributed by atoms with van der Waals surface area (Å²) in [4.78, 5) is 0. The molecule has 0 heterocycles. The van der Waals surface area contributed by atoms with E-state index in [0.717, 1.165) is 0 Å². The Hall–Kier alpha value is 0. The fourth-order valence-corrected chi connectivity index (χ4v) is 2.81. The van der Waals surface area contributed by atoms with Gasteiger partial charge in [-0.3, -0.25) is 0 Å². The van der Waals surface area contributed by atoms with Crippen LogP contribution < -0.4 is 0 Å². The lowest BCUT2D eigenvalue weighted by Gasteiger charge is -2.18. The summed E-state index contributed by atoms with van der Waals surface area (Å²) in [7, 11) is 0. The highest BCUT2D eigenvalue weighted by atomic mass is 14.2. The van der Waals surface area contributed by atoms with Gasteiger partial charge in [0.2, 0.25) is 0 Å². The summed E-state index contributed by atoms with van der Waals surface area (Å²) in [6.45, 7) is 2.30. The molecule has 0 atom stereocenters. The minimum atomic E-state index is 1.37. The second kappa shape index (κ2) is 10.2. The summed E-state index contributed by atoms with van der Waals surface area (Å²) in [5.74, 6) is 1.90. The molecule has 0 amide bonds. The molecule has 1 fully saturated rings.